The van der Waals surface area contributed by atoms with Crippen LogP contribution in [0, 0.1) is 0 Å². The van der Waals surface area contributed by atoms with Crippen LogP contribution in [0.4, 0.5) is 16.2 Å². The molecule has 0 aliphatic rings. The minimum atomic E-state index is -0.401. The first-order chi connectivity index (χ1) is 10.1. The Labute approximate surface area is 130 Å². The molecule has 0 atom stereocenters. The molecule has 5 nitrogen and oxygen atoms in total. The summed E-state index contributed by atoms with van der Waals surface area (Å²) in [5.41, 5.74) is 2.00. The average molecular weight is 321 g/mol. The molecule has 0 fully saturated rings. The highest BCUT2D eigenvalue weighted by atomic mass is 35.5. The molecule has 21 heavy (non-hydrogen) atoms. The third-order valence-corrected chi connectivity index (χ3v) is 3.72. The number of aromatic nitrogens is 2. The van der Waals surface area contributed by atoms with Crippen LogP contribution in [-0.2, 0) is 0 Å². The molecule has 0 radical (unpaired) electrons. The third kappa shape index (κ3) is 2.94. The zero-order valence-corrected chi connectivity index (χ0v) is 12.2. The summed E-state index contributed by atoms with van der Waals surface area (Å²) < 4.78 is 0. The monoisotopic (exact) mass is 320 g/mol. The van der Waals surface area contributed by atoms with Crippen molar-refractivity contribution in [3.8, 4) is 0 Å². The van der Waals surface area contributed by atoms with Crippen molar-refractivity contribution in [2.24, 2.45) is 0 Å². The summed E-state index contributed by atoms with van der Waals surface area (Å²) in [4.78, 5) is 12.0. The van der Waals surface area contributed by atoms with Crippen LogP contribution in [0.3, 0.4) is 0 Å². The number of amides is 2. The minimum Gasteiger partial charge on any atom is -0.308 e. The normalized spacial score (nSPS) is 10.6. The second kappa shape index (κ2) is 5.63. The van der Waals surface area contributed by atoms with E-state index in [-0.39, 0.29) is 0 Å². The van der Waals surface area contributed by atoms with Gasteiger partial charge >= 0.3 is 6.03 Å². The Balaban J connectivity index is 1.75. The molecule has 0 saturated heterocycles. The lowest BCUT2D eigenvalue weighted by Crippen LogP contribution is -2.19. The Morgan fingerprint density at radius 1 is 1.14 bits per heavy atom. The molecule has 3 rings (SSSR count). The number of H-pyrrole nitrogens is 1. The van der Waals surface area contributed by atoms with Gasteiger partial charge in [-0.25, -0.2) is 4.79 Å². The van der Waals surface area contributed by atoms with Crippen molar-refractivity contribution in [2.75, 3.05) is 10.6 Å². The number of hydrogen-bond acceptors (Lipinski definition) is 2. The van der Waals surface area contributed by atoms with E-state index in [1.807, 2.05) is 12.1 Å². The number of nitrogens with one attached hydrogen (secondary N) is 3. The number of benzene rings is 2. The molecule has 0 unspecified atom stereocenters. The van der Waals surface area contributed by atoms with Gasteiger partial charge in [0.1, 0.15) is 0 Å². The van der Waals surface area contributed by atoms with Crippen molar-refractivity contribution in [2.45, 2.75) is 0 Å². The third-order valence-electron chi connectivity index (χ3n) is 2.90. The molecular formula is C14H10Cl2N4O. The van der Waals surface area contributed by atoms with E-state index < -0.39 is 6.03 Å². The second-order valence-corrected chi connectivity index (χ2v) is 5.14. The number of urea groups is 1. The van der Waals surface area contributed by atoms with Gasteiger partial charge in [-0.1, -0.05) is 29.3 Å². The van der Waals surface area contributed by atoms with Crippen LogP contribution in [0.5, 0.6) is 0 Å². The number of hydrogen-bond donors (Lipinski definition) is 3. The Morgan fingerprint density at radius 3 is 2.86 bits per heavy atom. The van der Waals surface area contributed by atoms with Gasteiger partial charge in [0, 0.05) is 11.1 Å². The van der Waals surface area contributed by atoms with Crippen molar-refractivity contribution in [3.63, 3.8) is 0 Å². The van der Waals surface area contributed by atoms with Gasteiger partial charge in [0.2, 0.25) is 0 Å². The van der Waals surface area contributed by atoms with Crippen LogP contribution < -0.4 is 10.6 Å². The maximum absolute atomic E-state index is 12.0. The lowest BCUT2D eigenvalue weighted by atomic mass is 10.2. The Bertz CT molecular complexity index is 816. The molecule has 0 aliphatic heterocycles. The SMILES string of the molecule is O=C(Nc1ccc2[nH]ncc2c1)Nc1cccc(Cl)c1Cl. The minimum absolute atomic E-state index is 0.305. The molecule has 0 spiro atoms. The van der Waals surface area contributed by atoms with Crippen molar-refractivity contribution in [3.05, 3.63) is 52.6 Å². The fourth-order valence-electron chi connectivity index (χ4n) is 1.91. The number of nitrogens with zero attached hydrogens (tertiary/aromatic N) is 1. The van der Waals surface area contributed by atoms with Gasteiger partial charge in [-0.05, 0) is 30.3 Å². The van der Waals surface area contributed by atoms with E-state index in [1.165, 1.54) is 0 Å². The first-order valence-electron chi connectivity index (χ1n) is 6.08. The van der Waals surface area contributed by atoms with E-state index in [0.717, 1.165) is 10.9 Å². The number of carbonyl (C=O) groups is 1. The van der Waals surface area contributed by atoms with Crippen molar-refractivity contribution in [1.29, 1.82) is 0 Å². The number of fused-ring (bicyclic) bond motifs is 1. The largest absolute Gasteiger partial charge is 0.323 e. The summed E-state index contributed by atoms with van der Waals surface area (Å²) in [5.74, 6) is 0. The van der Waals surface area contributed by atoms with E-state index in [4.69, 9.17) is 23.2 Å². The van der Waals surface area contributed by atoms with Crippen LogP contribution in [0.2, 0.25) is 10.0 Å². The van der Waals surface area contributed by atoms with Crippen LogP contribution >= 0.6 is 23.2 Å². The topological polar surface area (TPSA) is 69.8 Å². The van der Waals surface area contributed by atoms with E-state index >= 15 is 0 Å². The first kappa shape index (κ1) is 13.7. The predicted octanol–water partition coefficient (Wildman–Crippen LogP) is 4.51. The zero-order valence-electron chi connectivity index (χ0n) is 10.7. The van der Waals surface area contributed by atoms with Crippen molar-refractivity contribution in [1.82, 2.24) is 10.2 Å². The smallest absolute Gasteiger partial charge is 0.308 e. The van der Waals surface area contributed by atoms with Crippen LogP contribution in [-0.4, -0.2) is 16.2 Å². The Kier molecular flexibility index (Phi) is 3.68. The summed E-state index contributed by atoms with van der Waals surface area (Å²) in [6.45, 7) is 0. The van der Waals surface area contributed by atoms with E-state index in [0.29, 0.717) is 21.4 Å². The van der Waals surface area contributed by atoms with E-state index in [9.17, 15) is 4.79 Å². The second-order valence-electron chi connectivity index (χ2n) is 4.35. The van der Waals surface area contributed by atoms with Gasteiger partial charge in [0.15, 0.2) is 0 Å². The molecule has 106 valence electrons. The van der Waals surface area contributed by atoms with Crippen molar-refractivity contribution < 1.29 is 4.79 Å². The van der Waals surface area contributed by atoms with Gasteiger partial charge in [0.25, 0.3) is 0 Å². The number of anilines is 2. The summed E-state index contributed by atoms with van der Waals surface area (Å²) in [6.07, 6.45) is 1.69. The first-order valence-corrected chi connectivity index (χ1v) is 6.84. The van der Waals surface area contributed by atoms with Gasteiger partial charge in [-0.3, -0.25) is 5.10 Å². The maximum Gasteiger partial charge on any atom is 0.323 e. The highest BCUT2D eigenvalue weighted by molar-refractivity contribution is 6.44. The van der Waals surface area contributed by atoms with Crippen LogP contribution in [0.15, 0.2) is 42.6 Å². The number of aromatic amines is 1. The standard InChI is InChI=1S/C14H10Cl2N4O/c15-10-2-1-3-12(13(10)16)19-14(21)18-9-4-5-11-8(6-9)7-17-20-11/h1-7H,(H,17,20)(H2,18,19,21). The fraction of sp³-hybridized carbons (Fsp3) is 0. The lowest BCUT2D eigenvalue weighted by molar-refractivity contribution is 0.262. The highest BCUT2D eigenvalue weighted by Crippen LogP contribution is 2.29. The molecule has 3 N–H and O–H groups in total. The summed E-state index contributed by atoms with van der Waals surface area (Å²) in [7, 11) is 0. The fourth-order valence-corrected chi connectivity index (χ4v) is 2.25. The molecular weight excluding hydrogens is 311 g/mol. The maximum atomic E-state index is 12.0. The molecule has 2 amide bonds. The average Bonchev–Trinajstić information content (AvgIpc) is 2.91. The number of carbonyl (C=O) groups excluding carboxylic acids is 1. The van der Waals surface area contributed by atoms with Gasteiger partial charge < -0.3 is 10.6 Å². The molecule has 0 bridgehead atoms. The quantitative estimate of drug-likeness (QED) is 0.650. The lowest BCUT2D eigenvalue weighted by Gasteiger charge is -2.09. The molecule has 3 aromatic rings. The zero-order chi connectivity index (χ0) is 14.8. The molecule has 7 heteroatoms. The number of rotatable bonds is 2. The number of halogens is 2. The van der Waals surface area contributed by atoms with Gasteiger partial charge in [0.05, 0.1) is 27.4 Å². The van der Waals surface area contributed by atoms with Gasteiger partial charge in [-0.2, -0.15) is 5.10 Å². The summed E-state index contributed by atoms with van der Waals surface area (Å²) >= 11 is 11.9. The molecule has 1 aromatic heterocycles. The Morgan fingerprint density at radius 2 is 2.00 bits per heavy atom. The van der Waals surface area contributed by atoms with E-state index in [2.05, 4.69) is 20.8 Å². The van der Waals surface area contributed by atoms with E-state index in [1.54, 1.807) is 30.5 Å². The molecule has 0 saturated carbocycles. The van der Waals surface area contributed by atoms with Crippen LogP contribution in [0.1, 0.15) is 0 Å². The summed E-state index contributed by atoms with van der Waals surface area (Å²) in [6, 6.07) is 10.1. The molecule has 0 aliphatic carbocycles. The van der Waals surface area contributed by atoms with Crippen LogP contribution in [0.25, 0.3) is 10.9 Å². The van der Waals surface area contributed by atoms with Gasteiger partial charge in [-0.15, -0.1) is 0 Å². The molecule has 1 heterocycles. The Hall–Kier alpha value is -2.24. The molecule has 2 aromatic carbocycles. The van der Waals surface area contributed by atoms with Crippen molar-refractivity contribution >= 4 is 51.5 Å². The summed E-state index contributed by atoms with van der Waals surface area (Å²) in [5, 5.41) is 13.7. The highest BCUT2D eigenvalue weighted by Gasteiger charge is 2.08. The predicted molar refractivity (Wildman–Crippen MR) is 85.2 cm³/mol.